The average Bonchev–Trinajstić information content (AvgIpc) is 2.66. The number of hydrogen-bond acceptors (Lipinski definition) is 3. The quantitative estimate of drug-likeness (QED) is 0.346. The average molecular weight is 338 g/mol. The van der Waals surface area contributed by atoms with Crippen molar-refractivity contribution in [1.29, 1.82) is 0 Å². The molecule has 0 heterocycles. The maximum Gasteiger partial charge on any atom is 0.338 e. The first-order valence-corrected chi connectivity index (χ1v) is 8.68. The molecule has 0 aliphatic heterocycles. The van der Waals surface area contributed by atoms with Gasteiger partial charge in [0.2, 0.25) is 0 Å². The van der Waals surface area contributed by atoms with Gasteiger partial charge < -0.3 is 9.47 Å². The van der Waals surface area contributed by atoms with Gasteiger partial charge in [-0.15, -0.1) is 0 Å². The first-order valence-electron chi connectivity index (χ1n) is 8.68. The van der Waals surface area contributed by atoms with E-state index >= 15 is 0 Å². The van der Waals surface area contributed by atoms with Crippen molar-refractivity contribution in [1.82, 2.24) is 0 Å². The summed E-state index contributed by atoms with van der Waals surface area (Å²) in [7, 11) is 0. The first kappa shape index (κ1) is 18.9. The van der Waals surface area contributed by atoms with Gasteiger partial charge in [0.05, 0.1) is 12.2 Å². The summed E-state index contributed by atoms with van der Waals surface area (Å²) >= 11 is 0. The van der Waals surface area contributed by atoms with Crippen molar-refractivity contribution in [3.8, 4) is 0 Å². The van der Waals surface area contributed by atoms with E-state index in [-0.39, 0.29) is 12.6 Å². The van der Waals surface area contributed by atoms with Crippen LogP contribution >= 0.6 is 0 Å². The molecule has 0 fully saturated rings. The summed E-state index contributed by atoms with van der Waals surface area (Å²) in [5, 5.41) is 0. The van der Waals surface area contributed by atoms with Crippen LogP contribution in [0.25, 0.3) is 0 Å². The minimum absolute atomic E-state index is 0.264. The van der Waals surface area contributed by atoms with Crippen LogP contribution in [0, 0.1) is 5.92 Å². The zero-order chi connectivity index (χ0) is 17.9. The second-order valence-electron chi connectivity index (χ2n) is 6.18. The minimum atomic E-state index is -0.305. The van der Waals surface area contributed by atoms with E-state index in [1.54, 1.807) is 12.1 Å². The van der Waals surface area contributed by atoms with Crippen LogP contribution in [0.3, 0.4) is 0 Å². The Morgan fingerprint density at radius 3 is 2.36 bits per heavy atom. The first-order chi connectivity index (χ1) is 12.2. The van der Waals surface area contributed by atoms with Crippen molar-refractivity contribution in [2.75, 3.05) is 13.2 Å². The summed E-state index contributed by atoms with van der Waals surface area (Å²) < 4.78 is 11.0. The molecular weight excluding hydrogens is 312 g/mol. The van der Waals surface area contributed by atoms with Crippen LogP contribution in [0.2, 0.25) is 0 Å². The Morgan fingerprint density at radius 1 is 1.04 bits per heavy atom. The van der Waals surface area contributed by atoms with Gasteiger partial charge in [-0.25, -0.2) is 4.79 Å². The molecule has 3 nitrogen and oxygen atoms in total. The smallest absolute Gasteiger partial charge is 0.338 e. The van der Waals surface area contributed by atoms with E-state index in [4.69, 9.17) is 9.47 Å². The molecule has 2 rings (SSSR count). The predicted octanol–water partition coefficient (Wildman–Crippen LogP) is 5.03. The zero-order valence-corrected chi connectivity index (χ0v) is 14.8. The van der Waals surface area contributed by atoms with Crippen LogP contribution < -0.4 is 0 Å². The Hall–Kier alpha value is -2.39. The highest BCUT2D eigenvalue weighted by molar-refractivity contribution is 5.89. The molecule has 0 aromatic heterocycles. The van der Waals surface area contributed by atoms with Crippen LogP contribution in [0.15, 0.2) is 72.8 Å². The van der Waals surface area contributed by atoms with Gasteiger partial charge in [-0.05, 0) is 42.0 Å². The molecule has 3 heteroatoms. The fourth-order valence-corrected chi connectivity index (χ4v) is 2.42. The predicted molar refractivity (Wildman–Crippen MR) is 100 cm³/mol. The van der Waals surface area contributed by atoms with Crippen molar-refractivity contribution < 1.29 is 14.3 Å². The number of hydrogen-bond donors (Lipinski definition) is 0. The Bertz CT molecular complexity index is 649. The maximum absolute atomic E-state index is 11.9. The normalized spacial score (nSPS) is 11.7. The van der Waals surface area contributed by atoms with Crippen molar-refractivity contribution >= 4 is 5.97 Å². The monoisotopic (exact) mass is 338 g/mol. The van der Waals surface area contributed by atoms with Crippen molar-refractivity contribution in [2.45, 2.75) is 26.4 Å². The fourth-order valence-electron chi connectivity index (χ4n) is 2.42. The summed E-state index contributed by atoms with van der Waals surface area (Å²) in [6, 6.07) is 19.2. The molecule has 1 atom stereocenters. The number of ether oxygens (including phenoxy) is 2. The van der Waals surface area contributed by atoms with Gasteiger partial charge in [0.25, 0.3) is 0 Å². The molecule has 0 unspecified atom stereocenters. The molecule has 0 radical (unpaired) electrons. The lowest BCUT2D eigenvalue weighted by molar-refractivity contribution is 0.0531. The fraction of sp³-hybridized carbons (Fsp3) is 0.318. The lowest BCUT2D eigenvalue weighted by Gasteiger charge is -2.15. The Balaban J connectivity index is 1.59. The van der Waals surface area contributed by atoms with Gasteiger partial charge in [-0.2, -0.15) is 0 Å². The third-order valence-electron chi connectivity index (χ3n) is 4.13. The Labute approximate surface area is 150 Å². The number of esters is 1. The SMILES string of the molecule is C=C(COC(=O)c1ccccc1)[C@@H](C)CCCOCc1ccccc1. The molecule has 0 saturated carbocycles. The zero-order valence-electron chi connectivity index (χ0n) is 14.8. The lowest BCUT2D eigenvalue weighted by Crippen LogP contribution is -2.12. The molecule has 0 saturated heterocycles. The summed E-state index contributed by atoms with van der Waals surface area (Å²) in [6.45, 7) is 7.78. The molecule has 0 spiro atoms. The van der Waals surface area contributed by atoms with E-state index in [1.807, 2.05) is 36.4 Å². The molecule has 2 aromatic carbocycles. The van der Waals surface area contributed by atoms with E-state index in [0.29, 0.717) is 18.1 Å². The van der Waals surface area contributed by atoms with Gasteiger partial charge in [0.15, 0.2) is 0 Å². The van der Waals surface area contributed by atoms with E-state index < -0.39 is 0 Å². The lowest BCUT2D eigenvalue weighted by atomic mass is 9.98. The van der Waals surface area contributed by atoms with Crippen LogP contribution in [0.1, 0.15) is 35.7 Å². The van der Waals surface area contributed by atoms with Gasteiger partial charge >= 0.3 is 5.97 Å². The van der Waals surface area contributed by atoms with Crippen LogP contribution in [-0.2, 0) is 16.1 Å². The number of carbonyl (C=O) groups is 1. The molecular formula is C22H26O3. The standard InChI is InChI=1S/C22H26O3/c1-18(10-9-15-24-17-20-11-5-3-6-12-20)19(2)16-25-22(23)21-13-7-4-8-14-21/h3-8,11-14,18H,2,9-10,15-17H2,1H3/t18-/m0/s1. The van der Waals surface area contributed by atoms with Crippen molar-refractivity contribution in [3.63, 3.8) is 0 Å². The second kappa shape index (κ2) is 10.5. The van der Waals surface area contributed by atoms with Crippen LogP contribution in [-0.4, -0.2) is 19.2 Å². The molecule has 0 aliphatic rings. The van der Waals surface area contributed by atoms with Crippen LogP contribution in [0.4, 0.5) is 0 Å². The molecule has 0 bridgehead atoms. The molecule has 132 valence electrons. The molecule has 0 aliphatic carbocycles. The third-order valence-corrected chi connectivity index (χ3v) is 4.13. The third kappa shape index (κ3) is 6.94. The number of carbonyl (C=O) groups excluding carboxylic acids is 1. The number of benzene rings is 2. The van der Waals surface area contributed by atoms with Gasteiger partial charge in [-0.1, -0.05) is 62.0 Å². The topological polar surface area (TPSA) is 35.5 Å². The largest absolute Gasteiger partial charge is 0.458 e. The molecule has 2 aromatic rings. The van der Waals surface area contributed by atoms with Gasteiger partial charge in [-0.3, -0.25) is 0 Å². The molecule has 0 N–H and O–H groups in total. The maximum atomic E-state index is 11.9. The van der Waals surface area contributed by atoms with Crippen molar-refractivity contribution in [2.24, 2.45) is 5.92 Å². The second-order valence-corrected chi connectivity index (χ2v) is 6.18. The Kier molecular flexibility index (Phi) is 7.93. The Morgan fingerprint density at radius 2 is 1.68 bits per heavy atom. The number of rotatable bonds is 10. The van der Waals surface area contributed by atoms with E-state index in [1.165, 1.54) is 5.56 Å². The van der Waals surface area contributed by atoms with Crippen LogP contribution in [0.5, 0.6) is 0 Å². The van der Waals surface area contributed by atoms with Gasteiger partial charge in [0.1, 0.15) is 6.61 Å². The molecule has 0 amide bonds. The minimum Gasteiger partial charge on any atom is -0.458 e. The van der Waals surface area contributed by atoms with E-state index in [0.717, 1.165) is 25.0 Å². The molecule has 25 heavy (non-hydrogen) atoms. The van der Waals surface area contributed by atoms with Crippen molar-refractivity contribution in [3.05, 3.63) is 83.9 Å². The van der Waals surface area contributed by atoms with E-state index in [2.05, 4.69) is 25.6 Å². The highest BCUT2D eigenvalue weighted by Crippen LogP contribution is 2.16. The summed E-state index contributed by atoms with van der Waals surface area (Å²) in [6.07, 6.45) is 1.93. The summed E-state index contributed by atoms with van der Waals surface area (Å²) in [5.41, 5.74) is 2.69. The van der Waals surface area contributed by atoms with Gasteiger partial charge in [0, 0.05) is 6.61 Å². The summed E-state index contributed by atoms with van der Waals surface area (Å²) in [4.78, 5) is 11.9. The highest BCUT2D eigenvalue weighted by Gasteiger charge is 2.11. The highest BCUT2D eigenvalue weighted by atomic mass is 16.5. The summed E-state index contributed by atoms with van der Waals surface area (Å²) in [5.74, 6) is -0.0101. The van der Waals surface area contributed by atoms with E-state index in [9.17, 15) is 4.79 Å².